The van der Waals surface area contributed by atoms with Gasteiger partial charge in [0.1, 0.15) is 0 Å². The molecule has 0 saturated carbocycles. The third kappa shape index (κ3) is 3.02. The predicted octanol–water partition coefficient (Wildman–Crippen LogP) is 2.69. The SMILES string of the molecule is Cc1cccnc1CN1C[C@H](c2ccccc2)[C@H](C(=O)O)C1. The highest BCUT2D eigenvalue weighted by Crippen LogP contribution is 2.33. The van der Waals surface area contributed by atoms with E-state index < -0.39 is 5.97 Å². The molecule has 1 saturated heterocycles. The average molecular weight is 296 g/mol. The van der Waals surface area contributed by atoms with Gasteiger partial charge in [-0.1, -0.05) is 36.4 Å². The van der Waals surface area contributed by atoms with Crippen molar-refractivity contribution in [3.63, 3.8) is 0 Å². The van der Waals surface area contributed by atoms with E-state index in [4.69, 9.17) is 0 Å². The Balaban J connectivity index is 1.79. The Kier molecular flexibility index (Phi) is 4.20. The van der Waals surface area contributed by atoms with Crippen molar-refractivity contribution in [1.82, 2.24) is 9.88 Å². The Morgan fingerprint density at radius 2 is 2.00 bits per heavy atom. The third-order valence-corrected chi connectivity index (χ3v) is 4.43. The number of hydrogen-bond acceptors (Lipinski definition) is 3. The molecule has 4 nitrogen and oxygen atoms in total. The lowest BCUT2D eigenvalue weighted by Gasteiger charge is -2.16. The fraction of sp³-hybridized carbons (Fsp3) is 0.333. The van der Waals surface area contributed by atoms with Crippen LogP contribution in [0.3, 0.4) is 0 Å². The molecule has 0 unspecified atom stereocenters. The van der Waals surface area contributed by atoms with Crippen LogP contribution in [-0.2, 0) is 11.3 Å². The zero-order valence-electron chi connectivity index (χ0n) is 12.6. The standard InChI is InChI=1S/C18H20N2O2/c1-13-6-5-9-19-17(13)12-20-10-15(16(11-20)18(21)22)14-7-3-2-4-8-14/h2-9,15-16H,10-12H2,1H3,(H,21,22)/t15-,16-/m1/s1. The average Bonchev–Trinajstić information content (AvgIpc) is 2.95. The predicted molar refractivity (Wildman–Crippen MR) is 84.6 cm³/mol. The molecule has 2 atom stereocenters. The number of benzene rings is 1. The Labute approximate surface area is 130 Å². The van der Waals surface area contributed by atoms with Gasteiger partial charge in [0, 0.05) is 31.7 Å². The lowest BCUT2D eigenvalue weighted by Crippen LogP contribution is -2.23. The number of carboxylic acids is 1. The molecular formula is C18H20N2O2. The van der Waals surface area contributed by atoms with Crippen LogP contribution in [0.25, 0.3) is 0 Å². The molecular weight excluding hydrogens is 276 g/mol. The van der Waals surface area contributed by atoms with E-state index >= 15 is 0 Å². The summed E-state index contributed by atoms with van der Waals surface area (Å²) in [6, 6.07) is 13.9. The Bertz CT molecular complexity index is 657. The van der Waals surface area contributed by atoms with E-state index in [9.17, 15) is 9.90 Å². The number of aliphatic carboxylic acids is 1. The van der Waals surface area contributed by atoms with Crippen LogP contribution in [0, 0.1) is 12.8 Å². The highest BCUT2D eigenvalue weighted by Gasteiger charge is 2.38. The summed E-state index contributed by atoms with van der Waals surface area (Å²) < 4.78 is 0. The molecule has 1 aromatic carbocycles. The van der Waals surface area contributed by atoms with Crippen LogP contribution in [0.2, 0.25) is 0 Å². The maximum Gasteiger partial charge on any atom is 0.308 e. The van der Waals surface area contributed by atoms with Crippen LogP contribution >= 0.6 is 0 Å². The minimum absolute atomic E-state index is 0.0442. The van der Waals surface area contributed by atoms with Crippen LogP contribution in [0.15, 0.2) is 48.7 Å². The summed E-state index contributed by atoms with van der Waals surface area (Å²) in [7, 11) is 0. The first-order chi connectivity index (χ1) is 10.6. The lowest BCUT2D eigenvalue weighted by atomic mass is 9.89. The Morgan fingerprint density at radius 3 is 2.68 bits per heavy atom. The van der Waals surface area contributed by atoms with Crippen molar-refractivity contribution in [3.05, 3.63) is 65.5 Å². The molecule has 1 aliphatic rings. The van der Waals surface area contributed by atoms with E-state index in [-0.39, 0.29) is 11.8 Å². The smallest absolute Gasteiger partial charge is 0.308 e. The number of aryl methyl sites for hydroxylation is 1. The zero-order chi connectivity index (χ0) is 15.5. The van der Waals surface area contributed by atoms with Gasteiger partial charge in [0.05, 0.1) is 11.6 Å². The van der Waals surface area contributed by atoms with Crippen molar-refractivity contribution in [3.8, 4) is 0 Å². The summed E-state index contributed by atoms with van der Waals surface area (Å²) in [6.07, 6.45) is 1.79. The third-order valence-electron chi connectivity index (χ3n) is 4.43. The zero-order valence-corrected chi connectivity index (χ0v) is 12.6. The second-order valence-corrected chi connectivity index (χ2v) is 5.92. The minimum Gasteiger partial charge on any atom is -0.481 e. The second-order valence-electron chi connectivity index (χ2n) is 5.92. The summed E-state index contributed by atoms with van der Waals surface area (Å²) in [6.45, 7) is 4.09. The van der Waals surface area contributed by atoms with Gasteiger partial charge in [-0.15, -0.1) is 0 Å². The first-order valence-corrected chi connectivity index (χ1v) is 7.55. The van der Waals surface area contributed by atoms with Gasteiger partial charge in [0.15, 0.2) is 0 Å². The van der Waals surface area contributed by atoms with E-state index in [0.717, 1.165) is 23.4 Å². The molecule has 2 aromatic rings. The number of aromatic nitrogens is 1. The number of hydrogen-bond donors (Lipinski definition) is 1. The van der Waals surface area contributed by atoms with Gasteiger partial charge in [0.25, 0.3) is 0 Å². The van der Waals surface area contributed by atoms with E-state index in [1.807, 2.05) is 49.4 Å². The maximum atomic E-state index is 11.6. The quantitative estimate of drug-likeness (QED) is 0.942. The Hall–Kier alpha value is -2.20. The van der Waals surface area contributed by atoms with Crippen LogP contribution in [-0.4, -0.2) is 34.0 Å². The van der Waals surface area contributed by atoms with E-state index in [1.54, 1.807) is 6.20 Å². The summed E-state index contributed by atoms with van der Waals surface area (Å²) in [4.78, 5) is 18.2. The van der Waals surface area contributed by atoms with Crippen LogP contribution < -0.4 is 0 Å². The molecule has 4 heteroatoms. The molecule has 114 valence electrons. The number of carbonyl (C=O) groups is 1. The van der Waals surface area contributed by atoms with Gasteiger partial charge in [-0.3, -0.25) is 14.7 Å². The number of nitrogens with zero attached hydrogens (tertiary/aromatic N) is 2. The molecule has 1 fully saturated rings. The molecule has 22 heavy (non-hydrogen) atoms. The van der Waals surface area contributed by atoms with E-state index in [1.165, 1.54) is 0 Å². The topological polar surface area (TPSA) is 53.4 Å². The monoisotopic (exact) mass is 296 g/mol. The van der Waals surface area contributed by atoms with E-state index in [0.29, 0.717) is 13.1 Å². The van der Waals surface area contributed by atoms with Crippen molar-refractivity contribution < 1.29 is 9.90 Å². The van der Waals surface area contributed by atoms with Gasteiger partial charge in [0.2, 0.25) is 0 Å². The first kappa shape index (κ1) is 14.7. The second kappa shape index (κ2) is 6.28. The molecule has 3 rings (SSSR count). The molecule has 2 heterocycles. The summed E-state index contributed by atoms with van der Waals surface area (Å²) in [5.74, 6) is -1.02. The van der Waals surface area contributed by atoms with Gasteiger partial charge < -0.3 is 5.11 Å². The van der Waals surface area contributed by atoms with Gasteiger partial charge in [-0.25, -0.2) is 0 Å². The molecule has 1 aromatic heterocycles. The fourth-order valence-corrected chi connectivity index (χ4v) is 3.20. The van der Waals surface area contributed by atoms with Crippen molar-refractivity contribution in [2.75, 3.05) is 13.1 Å². The largest absolute Gasteiger partial charge is 0.481 e. The molecule has 1 aliphatic heterocycles. The first-order valence-electron chi connectivity index (χ1n) is 7.55. The van der Waals surface area contributed by atoms with Crippen molar-refractivity contribution >= 4 is 5.97 Å². The van der Waals surface area contributed by atoms with Crippen LogP contribution in [0.4, 0.5) is 0 Å². The van der Waals surface area contributed by atoms with Gasteiger partial charge in [-0.2, -0.15) is 0 Å². The lowest BCUT2D eigenvalue weighted by molar-refractivity contribution is -0.141. The Morgan fingerprint density at radius 1 is 1.23 bits per heavy atom. The number of likely N-dealkylation sites (tertiary alicyclic amines) is 1. The number of rotatable bonds is 4. The molecule has 0 amide bonds. The molecule has 0 bridgehead atoms. The molecule has 1 N–H and O–H groups in total. The summed E-state index contributed by atoms with van der Waals surface area (Å²) >= 11 is 0. The number of carboxylic acid groups (broad SMARTS) is 1. The van der Waals surface area contributed by atoms with Crippen molar-refractivity contribution in [2.45, 2.75) is 19.4 Å². The summed E-state index contributed by atoms with van der Waals surface area (Å²) in [5, 5.41) is 9.54. The normalized spacial score (nSPS) is 21.9. The van der Waals surface area contributed by atoms with Crippen LogP contribution in [0.1, 0.15) is 22.7 Å². The molecule has 0 radical (unpaired) electrons. The van der Waals surface area contributed by atoms with Crippen molar-refractivity contribution in [2.24, 2.45) is 5.92 Å². The van der Waals surface area contributed by atoms with E-state index in [2.05, 4.69) is 9.88 Å². The fourth-order valence-electron chi connectivity index (χ4n) is 3.20. The van der Waals surface area contributed by atoms with Gasteiger partial charge >= 0.3 is 5.97 Å². The highest BCUT2D eigenvalue weighted by molar-refractivity contribution is 5.72. The number of pyridine rings is 1. The van der Waals surface area contributed by atoms with Crippen LogP contribution in [0.5, 0.6) is 0 Å². The highest BCUT2D eigenvalue weighted by atomic mass is 16.4. The maximum absolute atomic E-state index is 11.6. The summed E-state index contributed by atoms with van der Waals surface area (Å²) in [5.41, 5.74) is 3.29. The van der Waals surface area contributed by atoms with Crippen molar-refractivity contribution in [1.29, 1.82) is 0 Å². The molecule has 0 aliphatic carbocycles. The minimum atomic E-state index is -0.714. The molecule has 0 spiro atoms. The van der Waals surface area contributed by atoms with Gasteiger partial charge in [-0.05, 0) is 24.1 Å².